The number of nitrogens with one attached hydrogen (secondary N) is 1. The van der Waals surface area contributed by atoms with Crippen molar-refractivity contribution in [2.45, 2.75) is 64.1 Å². The van der Waals surface area contributed by atoms with Gasteiger partial charge in [0.05, 0.1) is 18.6 Å². The summed E-state index contributed by atoms with van der Waals surface area (Å²) in [5.74, 6) is -0.0922. The molecule has 0 saturated heterocycles. The van der Waals surface area contributed by atoms with E-state index in [-0.39, 0.29) is 23.4 Å². The highest BCUT2D eigenvalue weighted by Crippen LogP contribution is 2.19. The van der Waals surface area contributed by atoms with E-state index in [9.17, 15) is 18.0 Å². The molecule has 192 valence electrons. The molecular formula is C26H37N3O5S. The normalized spacial score (nSPS) is 13.2. The Bertz CT molecular complexity index is 1100. The fourth-order valence-corrected chi connectivity index (χ4v) is 4.70. The van der Waals surface area contributed by atoms with Gasteiger partial charge in [0.2, 0.25) is 21.8 Å². The second kappa shape index (κ2) is 12.7. The molecule has 9 heteroatoms. The van der Waals surface area contributed by atoms with Crippen molar-refractivity contribution < 1.29 is 22.7 Å². The van der Waals surface area contributed by atoms with Crippen molar-refractivity contribution in [3.05, 3.63) is 59.7 Å². The van der Waals surface area contributed by atoms with Gasteiger partial charge >= 0.3 is 0 Å². The molecule has 0 aliphatic carbocycles. The lowest BCUT2D eigenvalue weighted by Gasteiger charge is -2.32. The Balaban J connectivity index is 2.35. The van der Waals surface area contributed by atoms with E-state index in [1.807, 2.05) is 39.8 Å². The number of carbonyl (C=O) groups excluding carboxylic acids is 2. The van der Waals surface area contributed by atoms with E-state index in [1.165, 1.54) is 24.1 Å². The molecule has 0 bridgehead atoms. The summed E-state index contributed by atoms with van der Waals surface area (Å²) in [5.41, 5.74) is 1.71. The van der Waals surface area contributed by atoms with Gasteiger partial charge in [0.15, 0.2) is 0 Å². The summed E-state index contributed by atoms with van der Waals surface area (Å²) in [4.78, 5) is 28.2. The predicted octanol–water partition coefficient (Wildman–Crippen LogP) is 3.35. The molecule has 0 aliphatic rings. The van der Waals surface area contributed by atoms with E-state index in [2.05, 4.69) is 5.32 Å². The van der Waals surface area contributed by atoms with Gasteiger partial charge in [0.25, 0.3) is 0 Å². The zero-order valence-electron chi connectivity index (χ0n) is 21.4. The van der Waals surface area contributed by atoms with Crippen molar-refractivity contribution in [2.24, 2.45) is 0 Å². The van der Waals surface area contributed by atoms with Crippen LogP contribution in [0, 0.1) is 6.92 Å². The van der Waals surface area contributed by atoms with E-state index in [4.69, 9.17) is 4.74 Å². The van der Waals surface area contributed by atoms with Gasteiger partial charge in [0, 0.05) is 19.6 Å². The summed E-state index contributed by atoms with van der Waals surface area (Å²) >= 11 is 0. The van der Waals surface area contributed by atoms with Crippen molar-refractivity contribution in [1.29, 1.82) is 0 Å². The van der Waals surface area contributed by atoms with Gasteiger partial charge < -0.3 is 15.0 Å². The lowest BCUT2D eigenvalue weighted by atomic mass is 10.1. The third kappa shape index (κ3) is 7.53. The number of carbonyl (C=O) groups is 2. The first-order chi connectivity index (χ1) is 16.5. The Morgan fingerprint density at radius 3 is 2.29 bits per heavy atom. The van der Waals surface area contributed by atoms with Crippen LogP contribution in [0.1, 0.15) is 44.7 Å². The minimum Gasteiger partial charge on any atom is -0.497 e. The highest BCUT2D eigenvalue weighted by molar-refractivity contribution is 7.89. The molecule has 0 saturated carbocycles. The molecule has 2 aromatic rings. The van der Waals surface area contributed by atoms with Crippen molar-refractivity contribution in [3.8, 4) is 5.75 Å². The monoisotopic (exact) mass is 503 g/mol. The standard InChI is InChI=1S/C26H37N3O5S/c1-7-20(4)27-26(31)24(8-2)29(17-21-10-9-11-22(16-21)34-6)25(30)18-28(5)35(32,33)23-14-12-19(3)13-15-23/h9-16,20,24H,7-8,17-18H2,1-6H3,(H,27,31). The Kier molecular flexibility index (Phi) is 10.3. The maximum atomic E-state index is 13.5. The molecule has 0 heterocycles. The Hall–Kier alpha value is -2.91. The third-order valence-electron chi connectivity index (χ3n) is 5.96. The summed E-state index contributed by atoms with van der Waals surface area (Å²) in [5, 5.41) is 2.95. The highest BCUT2D eigenvalue weighted by Gasteiger charge is 2.32. The average Bonchev–Trinajstić information content (AvgIpc) is 2.84. The van der Waals surface area contributed by atoms with E-state index < -0.39 is 28.5 Å². The van der Waals surface area contributed by atoms with Crippen LogP contribution in [0.25, 0.3) is 0 Å². The Labute approximate surface area is 209 Å². The molecule has 8 nitrogen and oxygen atoms in total. The number of benzene rings is 2. The van der Waals surface area contributed by atoms with E-state index >= 15 is 0 Å². The first-order valence-electron chi connectivity index (χ1n) is 11.8. The molecule has 2 aromatic carbocycles. The highest BCUT2D eigenvalue weighted by atomic mass is 32.2. The molecule has 0 spiro atoms. The first-order valence-corrected chi connectivity index (χ1v) is 13.2. The van der Waals surface area contributed by atoms with Crippen molar-refractivity contribution in [2.75, 3.05) is 20.7 Å². The molecule has 2 amide bonds. The van der Waals surface area contributed by atoms with Gasteiger partial charge in [-0.25, -0.2) is 8.42 Å². The summed E-state index contributed by atoms with van der Waals surface area (Å²) < 4.78 is 32.4. The number of rotatable bonds is 12. The van der Waals surface area contributed by atoms with Gasteiger partial charge in [-0.15, -0.1) is 0 Å². The molecule has 0 aliphatic heterocycles. The number of amides is 2. The number of sulfonamides is 1. The maximum Gasteiger partial charge on any atom is 0.243 e. The smallest absolute Gasteiger partial charge is 0.243 e. The number of ether oxygens (including phenoxy) is 1. The number of aryl methyl sites for hydroxylation is 1. The van der Waals surface area contributed by atoms with Gasteiger partial charge in [-0.3, -0.25) is 9.59 Å². The molecule has 0 aromatic heterocycles. The van der Waals surface area contributed by atoms with Crippen LogP contribution in [0.3, 0.4) is 0 Å². The zero-order chi connectivity index (χ0) is 26.2. The number of nitrogens with zero attached hydrogens (tertiary/aromatic N) is 2. The van der Waals surface area contributed by atoms with Crippen LogP contribution >= 0.6 is 0 Å². The topological polar surface area (TPSA) is 96.0 Å². The van der Waals surface area contributed by atoms with Gasteiger partial charge in [-0.1, -0.05) is 43.7 Å². The van der Waals surface area contributed by atoms with E-state index in [1.54, 1.807) is 31.4 Å². The van der Waals surface area contributed by atoms with Gasteiger partial charge in [-0.05, 0) is 56.5 Å². The third-order valence-corrected chi connectivity index (χ3v) is 7.78. The lowest BCUT2D eigenvalue weighted by molar-refractivity contribution is -0.141. The second-order valence-electron chi connectivity index (χ2n) is 8.69. The first kappa shape index (κ1) is 28.3. The average molecular weight is 504 g/mol. The molecule has 35 heavy (non-hydrogen) atoms. The quantitative estimate of drug-likeness (QED) is 0.479. The Morgan fingerprint density at radius 2 is 1.71 bits per heavy atom. The molecule has 1 N–H and O–H groups in total. The predicted molar refractivity (Wildman–Crippen MR) is 137 cm³/mol. The van der Waals surface area contributed by atoms with Crippen LogP contribution in [-0.2, 0) is 26.2 Å². The Morgan fingerprint density at radius 1 is 1.06 bits per heavy atom. The van der Waals surface area contributed by atoms with Crippen molar-refractivity contribution in [1.82, 2.24) is 14.5 Å². The van der Waals surface area contributed by atoms with Crippen LogP contribution in [0.4, 0.5) is 0 Å². The number of hydrogen-bond donors (Lipinski definition) is 1. The van der Waals surface area contributed by atoms with Crippen LogP contribution < -0.4 is 10.1 Å². The second-order valence-corrected chi connectivity index (χ2v) is 10.7. The van der Waals surface area contributed by atoms with Gasteiger partial charge in [-0.2, -0.15) is 4.31 Å². The fraction of sp³-hybridized carbons (Fsp3) is 0.462. The summed E-state index contributed by atoms with van der Waals surface area (Å²) in [7, 11) is -0.949. The molecule has 0 fully saturated rings. The lowest BCUT2D eigenvalue weighted by Crippen LogP contribution is -2.53. The molecule has 2 atom stereocenters. The molecule has 2 rings (SSSR count). The van der Waals surface area contributed by atoms with Crippen molar-refractivity contribution in [3.63, 3.8) is 0 Å². The zero-order valence-corrected chi connectivity index (χ0v) is 22.3. The van der Waals surface area contributed by atoms with Crippen LogP contribution in [0.15, 0.2) is 53.4 Å². The summed E-state index contributed by atoms with van der Waals surface area (Å²) in [6, 6.07) is 12.9. The number of hydrogen-bond acceptors (Lipinski definition) is 5. The van der Waals surface area contributed by atoms with Crippen LogP contribution in [-0.4, -0.2) is 62.2 Å². The minimum atomic E-state index is -3.88. The summed E-state index contributed by atoms with van der Waals surface area (Å²) in [6.45, 7) is 7.32. The van der Waals surface area contributed by atoms with Crippen LogP contribution in [0.5, 0.6) is 5.75 Å². The summed E-state index contributed by atoms with van der Waals surface area (Å²) in [6.07, 6.45) is 1.13. The van der Waals surface area contributed by atoms with Crippen molar-refractivity contribution >= 4 is 21.8 Å². The SMILES string of the molecule is CCC(C)NC(=O)C(CC)N(Cc1cccc(OC)c1)C(=O)CN(C)S(=O)(=O)c1ccc(C)cc1. The van der Waals surface area contributed by atoms with Crippen LogP contribution in [0.2, 0.25) is 0 Å². The number of likely N-dealkylation sites (N-methyl/N-ethyl adjacent to an activating group) is 1. The largest absolute Gasteiger partial charge is 0.497 e. The number of methoxy groups -OCH3 is 1. The molecular weight excluding hydrogens is 466 g/mol. The molecule has 0 radical (unpaired) electrons. The fourth-order valence-electron chi connectivity index (χ4n) is 3.58. The molecule has 2 unspecified atom stereocenters. The van der Waals surface area contributed by atoms with E-state index in [0.717, 1.165) is 21.9 Å². The maximum absolute atomic E-state index is 13.5. The van der Waals surface area contributed by atoms with Gasteiger partial charge in [0.1, 0.15) is 11.8 Å². The van der Waals surface area contributed by atoms with E-state index in [0.29, 0.717) is 12.2 Å². The minimum absolute atomic E-state index is 0.0464.